The van der Waals surface area contributed by atoms with Crippen LogP contribution < -0.4 is 10.1 Å². The Hall–Kier alpha value is -2.71. The van der Waals surface area contributed by atoms with E-state index in [-0.39, 0.29) is 24.4 Å². The lowest BCUT2D eigenvalue weighted by Crippen LogP contribution is -2.52. The Morgan fingerprint density at radius 2 is 1.83 bits per heavy atom. The van der Waals surface area contributed by atoms with Gasteiger partial charge in [0.05, 0.1) is 11.3 Å². The maximum absolute atomic E-state index is 13.2. The molecule has 2 atom stereocenters. The number of piperidine rings is 3. The van der Waals surface area contributed by atoms with E-state index in [1.54, 1.807) is 6.26 Å². The van der Waals surface area contributed by atoms with Crippen LogP contribution in [0.1, 0.15) is 61.0 Å². The zero-order valence-corrected chi connectivity index (χ0v) is 25.5. The quantitative estimate of drug-likeness (QED) is 0.235. The minimum Gasteiger partial charge on any atom is -0.488 e. The first-order valence-electron chi connectivity index (χ1n) is 15.3. The Kier molecular flexibility index (Phi) is 9.01. The molecule has 0 saturated carbocycles. The molecule has 7 nitrogen and oxygen atoms in total. The zero-order valence-electron chi connectivity index (χ0n) is 23.9. The van der Waals surface area contributed by atoms with E-state index in [1.807, 2.05) is 42.5 Å². The SMILES string of the molecule is Cl.O=C(NC1CCN(CC2CCCN3CCCCC23)CC1)c1cc2c(OCc3coc4c(Cl)cccc34)cccc2[nH]1. The summed E-state index contributed by atoms with van der Waals surface area (Å²) in [7, 11) is 0. The lowest BCUT2D eigenvalue weighted by atomic mass is 9.83. The number of aromatic amines is 1. The van der Waals surface area contributed by atoms with E-state index in [0.717, 1.165) is 65.5 Å². The molecule has 0 radical (unpaired) electrons. The van der Waals surface area contributed by atoms with Gasteiger partial charge < -0.3 is 29.3 Å². The van der Waals surface area contributed by atoms with E-state index in [9.17, 15) is 4.79 Å². The molecule has 1 amide bonds. The molecule has 3 fully saturated rings. The van der Waals surface area contributed by atoms with Crippen LogP contribution in [0.25, 0.3) is 21.9 Å². The molecule has 0 aliphatic carbocycles. The number of hydrogen-bond donors (Lipinski definition) is 2. The van der Waals surface area contributed by atoms with Gasteiger partial charge in [-0.1, -0.05) is 36.2 Å². The van der Waals surface area contributed by atoms with Crippen molar-refractivity contribution in [3.05, 3.63) is 65.0 Å². The number of halogens is 2. The number of furan rings is 1. The molecule has 9 heteroatoms. The minimum atomic E-state index is -0.0498. The van der Waals surface area contributed by atoms with Crippen molar-refractivity contribution in [2.45, 2.75) is 63.6 Å². The zero-order chi connectivity index (χ0) is 27.8. The number of benzene rings is 2. The van der Waals surface area contributed by atoms with Crippen molar-refractivity contribution in [3.8, 4) is 5.75 Å². The molecular formula is C33H40Cl2N4O3. The number of rotatable bonds is 7. The first kappa shape index (κ1) is 29.4. The molecular weight excluding hydrogens is 571 g/mol. The predicted molar refractivity (Wildman–Crippen MR) is 170 cm³/mol. The van der Waals surface area contributed by atoms with E-state index >= 15 is 0 Å². The molecule has 0 spiro atoms. The highest BCUT2D eigenvalue weighted by Gasteiger charge is 2.34. The number of nitrogens with zero attached hydrogens (tertiary/aromatic N) is 2. The highest BCUT2D eigenvalue weighted by molar-refractivity contribution is 6.34. The van der Waals surface area contributed by atoms with E-state index in [2.05, 4.69) is 20.1 Å². The largest absolute Gasteiger partial charge is 0.488 e. The van der Waals surface area contributed by atoms with Crippen LogP contribution in [0.2, 0.25) is 5.02 Å². The Morgan fingerprint density at radius 1 is 1.00 bits per heavy atom. The molecule has 7 rings (SSSR count). The van der Waals surface area contributed by atoms with Crippen molar-refractivity contribution in [2.24, 2.45) is 5.92 Å². The van der Waals surface area contributed by atoms with E-state index in [4.69, 9.17) is 20.8 Å². The van der Waals surface area contributed by atoms with Crippen molar-refractivity contribution in [1.29, 1.82) is 0 Å². The molecule has 3 aliphatic heterocycles. The van der Waals surface area contributed by atoms with Crippen LogP contribution in [0.15, 0.2) is 53.1 Å². The Morgan fingerprint density at radius 3 is 2.71 bits per heavy atom. The van der Waals surface area contributed by atoms with E-state index in [1.165, 1.54) is 51.7 Å². The van der Waals surface area contributed by atoms with Gasteiger partial charge in [-0.25, -0.2) is 0 Å². The summed E-state index contributed by atoms with van der Waals surface area (Å²) >= 11 is 6.26. The monoisotopic (exact) mass is 610 g/mol. The fraction of sp³-hybridized carbons (Fsp3) is 0.485. The lowest BCUT2D eigenvalue weighted by molar-refractivity contribution is 0.0351. The van der Waals surface area contributed by atoms with Gasteiger partial charge in [0.2, 0.25) is 0 Å². The Labute approximate surface area is 258 Å². The van der Waals surface area contributed by atoms with Crippen molar-refractivity contribution in [1.82, 2.24) is 20.1 Å². The molecule has 4 aromatic rings. The summed E-state index contributed by atoms with van der Waals surface area (Å²) in [4.78, 5) is 22.0. The van der Waals surface area contributed by atoms with Gasteiger partial charge in [0.1, 0.15) is 18.1 Å². The number of ether oxygens (including phenoxy) is 1. The van der Waals surface area contributed by atoms with Gasteiger partial charge in [0.25, 0.3) is 5.91 Å². The average Bonchev–Trinajstić information content (AvgIpc) is 3.63. The predicted octanol–water partition coefficient (Wildman–Crippen LogP) is 7.03. The summed E-state index contributed by atoms with van der Waals surface area (Å²) in [6.07, 6.45) is 10.6. The van der Waals surface area contributed by atoms with Crippen LogP contribution in [0.5, 0.6) is 5.75 Å². The summed E-state index contributed by atoms with van der Waals surface area (Å²) in [6, 6.07) is 14.5. The first-order valence-corrected chi connectivity index (χ1v) is 15.7. The van der Waals surface area contributed by atoms with Gasteiger partial charge in [0, 0.05) is 53.6 Å². The Bertz CT molecular complexity index is 1520. The van der Waals surface area contributed by atoms with E-state index < -0.39 is 0 Å². The highest BCUT2D eigenvalue weighted by Crippen LogP contribution is 2.33. The van der Waals surface area contributed by atoms with Gasteiger partial charge in [-0.2, -0.15) is 0 Å². The molecule has 2 aromatic carbocycles. The van der Waals surface area contributed by atoms with E-state index in [0.29, 0.717) is 22.9 Å². The van der Waals surface area contributed by atoms with Gasteiger partial charge in [0.15, 0.2) is 5.58 Å². The van der Waals surface area contributed by atoms with Gasteiger partial charge in [-0.3, -0.25) is 4.79 Å². The number of H-pyrrole nitrogens is 1. The van der Waals surface area contributed by atoms with Crippen LogP contribution in [0, 0.1) is 5.92 Å². The Balaban J connectivity index is 0.00000316. The van der Waals surface area contributed by atoms with Crippen LogP contribution in [0.4, 0.5) is 0 Å². The summed E-state index contributed by atoms with van der Waals surface area (Å²) < 4.78 is 11.9. The van der Waals surface area contributed by atoms with Crippen molar-refractivity contribution in [2.75, 3.05) is 32.7 Å². The lowest BCUT2D eigenvalue weighted by Gasteiger charge is -2.46. The number of carbonyl (C=O) groups is 1. The summed E-state index contributed by atoms with van der Waals surface area (Å²) in [6.45, 7) is 6.28. The summed E-state index contributed by atoms with van der Waals surface area (Å²) in [5.41, 5.74) is 3.05. The number of para-hydroxylation sites is 1. The standard InChI is InChI=1S/C33H39ClN4O3.ClH/c34-27-8-3-7-25-23(21-41-32(25)27)20-40-31-11-4-9-28-26(31)18-29(36-28)33(39)35-24-12-16-37(17-13-24)19-22-6-5-15-38-14-2-1-10-30(22)38;/h3-4,7-9,11,18,21-22,24,30,36H,1-2,5-6,10,12-17,19-20H2,(H,35,39);1H. The molecule has 2 unspecified atom stereocenters. The second-order valence-electron chi connectivity index (χ2n) is 12.1. The maximum Gasteiger partial charge on any atom is 0.267 e. The van der Waals surface area contributed by atoms with Crippen LogP contribution in [-0.4, -0.2) is 65.5 Å². The first-order chi connectivity index (χ1) is 20.1. The number of hydrogen-bond acceptors (Lipinski definition) is 5. The van der Waals surface area contributed by atoms with Crippen molar-refractivity contribution in [3.63, 3.8) is 0 Å². The molecule has 3 aliphatic rings. The number of aromatic nitrogens is 1. The molecule has 3 saturated heterocycles. The second-order valence-corrected chi connectivity index (χ2v) is 12.5. The minimum absolute atomic E-state index is 0. The smallest absolute Gasteiger partial charge is 0.267 e. The third-order valence-electron chi connectivity index (χ3n) is 9.53. The number of fused-ring (bicyclic) bond motifs is 3. The van der Waals surface area contributed by atoms with Crippen molar-refractivity contribution >= 4 is 51.8 Å². The van der Waals surface area contributed by atoms with Crippen LogP contribution >= 0.6 is 24.0 Å². The normalized spacial score (nSPS) is 22.1. The van der Waals surface area contributed by atoms with Gasteiger partial charge in [-0.05, 0) is 81.8 Å². The molecule has 2 N–H and O–H groups in total. The highest BCUT2D eigenvalue weighted by atomic mass is 35.5. The molecule has 42 heavy (non-hydrogen) atoms. The fourth-order valence-electron chi connectivity index (χ4n) is 7.36. The van der Waals surface area contributed by atoms with Crippen LogP contribution in [-0.2, 0) is 6.61 Å². The number of amides is 1. The van der Waals surface area contributed by atoms with Crippen LogP contribution in [0.3, 0.4) is 0 Å². The molecule has 0 bridgehead atoms. The molecule has 5 heterocycles. The third kappa shape index (κ3) is 6.02. The van der Waals surface area contributed by atoms with Gasteiger partial charge in [-0.15, -0.1) is 12.4 Å². The summed E-state index contributed by atoms with van der Waals surface area (Å²) in [5.74, 6) is 1.48. The molecule has 2 aromatic heterocycles. The third-order valence-corrected chi connectivity index (χ3v) is 9.83. The molecule has 224 valence electrons. The van der Waals surface area contributed by atoms with Crippen molar-refractivity contribution < 1.29 is 13.9 Å². The topological polar surface area (TPSA) is 73.7 Å². The summed E-state index contributed by atoms with van der Waals surface area (Å²) in [5, 5.41) is 5.72. The fourth-order valence-corrected chi connectivity index (χ4v) is 7.58. The number of likely N-dealkylation sites (tertiary alicyclic amines) is 1. The number of carbonyl (C=O) groups excluding carboxylic acids is 1. The van der Waals surface area contributed by atoms with Gasteiger partial charge >= 0.3 is 0 Å². The average molecular weight is 612 g/mol. The second kappa shape index (κ2) is 12.9. The maximum atomic E-state index is 13.2. The number of nitrogens with one attached hydrogen (secondary N) is 2.